The number of unbranched alkanes of at least 4 members (excludes halogenated alkanes) is 2. The van der Waals surface area contributed by atoms with E-state index in [0.29, 0.717) is 18.1 Å². The van der Waals surface area contributed by atoms with E-state index in [1.165, 1.54) is 6.07 Å². The molecule has 0 aromatic carbocycles. The molecule has 0 fully saturated rings. The molecule has 0 aliphatic rings. The number of nitrogens with one attached hydrogen (secondary N) is 1. The van der Waals surface area contributed by atoms with Crippen molar-refractivity contribution in [1.82, 2.24) is 4.72 Å². The van der Waals surface area contributed by atoms with Crippen LogP contribution in [0.1, 0.15) is 30.8 Å². The summed E-state index contributed by atoms with van der Waals surface area (Å²) in [4.78, 5) is 0.192. The van der Waals surface area contributed by atoms with Crippen LogP contribution in [-0.2, 0) is 16.6 Å². The minimum atomic E-state index is -3.48. The van der Waals surface area contributed by atoms with Crippen molar-refractivity contribution in [2.24, 2.45) is 5.73 Å². The Balaban J connectivity index is 2.49. The van der Waals surface area contributed by atoms with E-state index in [9.17, 15) is 8.42 Å². The van der Waals surface area contributed by atoms with Gasteiger partial charge in [0, 0.05) is 12.6 Å². The Bertz CT molecular complexity index is 483. The number of thioether (sulfide) groups is 1. The van der Waals surface area contributed by atoms with Crippen LogP contribution in [0.25, 0.3) is 0 Å². The van der Waals surface area contributed by atoms with Crippen LogP contribution in [0.3, 0.4) is 0 Å². The standard InChI is InChI=1S/C12H22N2O3S2/c1-10-12(8-11(9-13)17-10)19(15,16)14-6-4-3-5-7-18-2/h8,14H,3-7,9,13H2,1-2H3. The van der Waals surface area contributed by atoms with E-state index in [2.05, 4.69) is 11.0 Å². The molecule has 7 heteroatoms. The summed E-state index contributed by atoms with van der Waals surface area (Å²) in [7, 11) is -3.48. The van der Waals surface area contributed by atoms with Gasteiger partial charge in [0.05, 0.1) is 6.54 Å². The number of nitrogens with two attached hydrogens (primary N) is 1. The smallest absolute Gasteiger partial charge is 0.244 e. The molecule has 0 atom stereocenters. The van der Waals surface area contributed by atoms with Crippen molar-refractivity contribution in [3.05, 3.63) is 17.6 Å². The fourth-order valence-electron chi connectivity index (χ4n) is 1.72. The first-order valence-corrected chi connectivity index (χ1v) is 9.17. The molecule has 0 saturated heterocycles. The largest absolute Gasteiger partial charge is 0.464 e. The number of aryl methyl sites for hydroxylation is 1. The third-order valence-corrected chi connectivity index (χ3v) is 5.00. The average Bonchev–Trinajstić information content (AvgIpc) is 2.76. The maximum absolute atomic E-state index is 12.1. The molecule has 0 spiro atoms. The van der Waals surface area contributed by atoms with Crippen molar-refractivity contribution in [3.8, 4) is 0 Å². The van der Waals surface area contributed by atoms with Crippen molar-refractivity contribution >= 4 is 21.8 Å². The Kier molecular flexibility index (Phi) is 6.92. The highest BCUT2D eigenvalue weighted by molar-refractivity contribution is 7.98. The van der Waals surface area contributed by atoms with Crippen molar-refractivity contribution in [3.63, 3.8) is 0 Å². The topological polar surface area (TPSA) is 85.3 Å². The Morgan fingerprint density at radius 3 is 2.68 bits per heavy atom. The molecule has 0 saturated carbocycles. The quantitative estimate of drug-likeness (QED) is 0.680. The fourth-order valence-corrected chi connectivity index (χ4v) is 3.49. The summed E-state index contributed by atoms with van der Waals surface area (Å²) in [6.45, 7) is 2.29. The minimum absolute atomic E-state index is 0.192. The monoisotopic (exact) mass is 306 g/mol. The zero-order valence-electron chi connectivity index (χ0n) is 11.4. The van der Waals surface area contributed by atoms with Gasteiger partial charge in [0.1, 0.15) is 16.4 Å². The number of rotatable bonds is 9. The van der Waals surface area contributed by atoms with Gasteiger partial charge in [-0.3, -0.25) is 0 Å². The van der Waals surface area contributed by atoms with E-state index in [0.717, 1.165) is 25.0 Å². The van der Waals surface area contributed by atoms with Gasteiger partial charge in [-0.15, -0.1) is 0 Å². The molecule has 110 valence electrons. The van der Waals surface area contributed by atoms with Crippen LogP contribution >= 0.6 is 11.8 Å². The number of sulfonamides is 1. The first-order chi connectivity index (χ1) is 9.01. The van der Waals surface area contributed by atoms with Crippen LogP contribution in [0.5, 0.6) is 0 Å². The second-order valence-electron chi connectivity index (χ2n) is 4.29. The summed E-state index contributed by atoms with van der Waals surface area (Å²) in [5.74, 6) is 1.99. The van der Waals surface area contributed by atoms with Crippen LogP contribution in [0.4, 0.5) is 0 Å². The molecular formula is C12H22N2O3S2. The molecule has 0 bridgehead atoms. The van der Waals surface area contributed by atoms with E-state index in [4.69, 9.17) is 10.2 Å². The van der Waals surface area contributed by atoms with E-state index >= 15 is 0 Å². The maximum Gasteiger partial charge on any atom is 0.244 e. The van der Waals surface area contributed by atoms with Crippen LogP contribution in [0, 0.1) is 6.92 Å². The zero-order valence-corrected chi connectivity index (χ0v) is 13.1. The Morgan fingerprint density at radius 2 is 2.11 bits per heavy atom. The lowest BCUT2D eigenvalue weighted by Crippen LogP contribution is -2.25. The van der Waals surface area contributed by atoms with E-state index in [-0.39, 0.29) is 11.4 Å². The van der Waals surface area contributed by atoms with E-state index < -0.39 is 10.0 Å². The summed E-state index contributed by atoms with van der Waals surface area (Å²) >= 11 is 1.81. The van der Waals surface area contributed by atoms with Gasteiger partial charge in [0.15, 0.2) is 0 Å². The summed E-state index contributed by atoms with van der Waals surface area (Å²) < 4.78 is 32.0. The Hall–Kier alpha value is -0.500. The first kappa shape index (κ1) is 16.6. The molecule has 1 aromatic heterocycles. The molecule has 1 rings (SSSR count). The minimum Gasteiger partial charge on any atom is -0.464 e. The Morgan fingerprint density at radius 1 is 1.37 bits per heavy atom. The highest BCUT2D eigenvalue weighted by Crippen LogP contribution is 2.19. The highest BCUT2D eigenvalue weighted by Gasteiger charge is 2.20. The average molecular weight is 306 g/mol. The summed E-state index contributed by atoms with van der Waals surface area (Å²) in [5.41, 5.74) is 5.43. The normalized spacial score (nSPS) is 11.9. The molecule has 0 amide bonds. The van der Waals surface area contributed by atoms with Gasteiger partial charge < -0.3 is 10.2 Å². The van der Waals surface area contributed by atoms with Crippen LogP contribution < -0.4 is 10.5 Å². The van der Waals surface area contributed by atoms with Crippen LogP contribution in [0.15, 0.2) is 15.4 Å². The molecule has 0 radical (unpaired) electrons. The lowest BCUT2D eigenvalue weighted by Gasteiger charge is -2.05. The Labute approximate surface area is 119 Å². The summed E-state index contributed by atoms with van der Waals surface area (Å²) in [5, 5.41) is 0. The van der Waals surface area contributed by atoms with Gasteiger partial charge in [-0.25, -0.2) is 13.1 Å². The molecule has 0 unspecified atom stereocenters. The number of hydrogen-bond donors (Lipinski definition) is 2. The predicted octanol–water partition coefficient (Wildman–Crippen LogP) is 1.86. The SMILES string of the molecule is CSCCCCCNS(=O)(=O)c1cc(CN)oc1C. The van der Waals surface area contributed by atoms with Crippen molar-refractivity contribution in [2.75, 3.05) is 18.6 Å². The molecule has 1 heterocycles. The molecular weight excluding hydrogens is 284 g/mol. The second kappa shape index (κ2) is 7.94. The third-order valence-electron chi connectivity index (χ3n) is 2.73. The molecule has 5 nitrogen and oxygen atoms in total. The summed E-state index contributed by atoms with van der Waals surface area (Å²) in [6.07, 6.45) is 5.06. The lowest BCUT2D eigenvalue weighted by atomic mass is 10.2. The van der Waals surface area contributed by atoms with Gasteiger partial charge in [0.2, 0.25) is 10.0 Å². The fraction of sp³-hybridized carbons (Fsp3) is 0.667. The van der Waals surface area contributed by atoms with E-state index in [1.807, 2.05) is 0 Å². The van der Waals surface area contributed by atoms with Gasteiger partial charge in [0.25, 0.3) is 0 Å². The number of hydrogen-bond acceptors (Lipinski definition) is 5. The van der Waals surface area contributed by atoms with Crippen LogP contribution in [-0.4, -0.2) is 27.0 Å². The molecule has 0 aliphatic carbocycles. The van der Waals surface area contributed by atoms with E-state index in [1.54, 1.807) is 18.7 Å². The van der Waals surface area contributed by atoms with Gasteiger partial charge in [-0.05, 0) is 31.8 Å². The third kappa shape index (κ3) is 5.18. The van der Waals surface area contributed by atoms with Crippen LogP contribution in [0.2, 0.25) is 0 Å². The summed E-state index contributed by atoms with van der Waals surface area (Å²) in [6, 6.07) is 1.49. The van der Waals surface area contributed by atoms with Gasteiger partial charge in [-0.1, -0.05) is 6.42 Å². The molecule has 19 heavy (non-hydrogen) atoms. The second-order valence-corrected chi connectivity index (χ2v) is 7.01. The lowest BCUT2D eigenvalue weighted by molar-refractivity contribution is 0.478. The number of furan rings is 1. The maximum atomic E-state index is 12.1. The molecule has 1 aromatic rings. The molecule has 0 aliphatic heterocycles. The van der Waals surface area contributed by atoms with Gasteiger partial charge >= 0.3 is 0 Å². The molecule has 3 N–H and O–H groups in total. The predicted molar refractivity (Wildman–Crippen MR) is 78.8 cm³/mol. The van der Waals surface area contributed by atoms with Crippen molar-refractivity contribution in [1.29, 1.82) is 0 Å². The van der Waals surface area contributed by atoms with Crippen molar-refractivity contribution < 1.29 is 12.8 Å². The van der Waals surface area contributed by atoms with Gasteiger partial charge in [-0.2, -0.15) is 11.8 Å². The first-order valence-electron chi connectivity index (χ1n) is 6.29. The highest BCUT2D eigenvalue weighted by atomic mass is 32.2. The van der Waals surface area contributed by atoms with Crippen molar-refractivity contribution in [2.45, 2.75) is 37.6 Å². The zero-order chi connectivity index (χ0) is 14.3.